The lowest BCUT2D eigenvalue weighted by atomic mass is 9.89. The summed E-state index contributed by atoms with van der Waals surface area (Å²) in [5, 5.41) is 3.61. The highest BCUT2D eigenvalue weighted by Crippen LogP contribution is 2.39. The van der Waals surface area contributed by atoms with Crippen LogP contribution in [0.5, 0.6) is 11.5 Å². The van der Waals surface area contributed by atoms with Crippen molar-refractivity contribution >= 4 is 0 Å². The largest absolute Gasteiger partial charge is 0.454 e. The van der Waals surface area contributed by atoms with Crippen LogP contribution in [0.15, 0.2) is 36.4 Å². The molecule has 4 rings (SSSR count). The van der Waals surface area contributed by atoms with Crippen LogP contribution < -0.4 is 14.8 Å². The number of hydrogen-bond donors (Lipinski definition) is 1. The van der Waals surface area contributed by atoms with Gasteiger partial charge >= 0.3 is 0 Å². The molecular weight excluding hydrogens is 250 g/mol. The Morgan fingerprint density at radius 3 is 2.60 bits per heavy atom. The van der Waals surface area contributed by atoms with Gasteiger partial charge in [0, 0.05) is 6.54 Å². The summed E-state index contributed by atoms with van der Waals surface area (Å²) in [5.41, 5.74) is 5.26. The second-order valence-electron chi connectivity index (χ2n) is 5.45. The van der Waals surface area contributed by atoms with Gasteiger partial charge in [-0.3, -0.25) is 0 Å². The van der Waals surface area contributed by atoms with E-state index in [0.29, 0.717) is 6.79 Å². The Hall–Kier alpha value is -2.00. The number of fused-ring (bicyclic) bond motifs is 2. The summed E-state index contributed by atoms with van der Waals surface area (Å²) in [5.74, 6) is 1.75. The van der Waals surface area contributed by atoms with Gasteiger partial charge in [0.1, 0.15) is 0 Å². The Kier molecular flexibility index (Phi) is 2.67. The van der Waals surface area contributed by atoms with E-state index >= 15 is 0 Å². The predicted octanol–water partition coefficient (Wildman–Crippen LogP) is 2.96. The molecule has 1 unspecified atom stereocenters. The zero-order chi connectivity index (χ0) is 13.5. The molecule has 0 bridgehead atoms. The van der Waals surface area contributed by atoms with Crippen LogP contribution in [-0.2, 0) is 6.42 Å². The van der Waals surface area contributed by atoms with Gasteiger partial charge < -0.3 is 14.8 Å². The van der Waals surface area contributed by atoms with Crippen LogP contribution in [-0.4, -0.2) is 13.3 Å². The van der Waals surface area contributed by atoms with E-state index in [-0.39, 0.29) is 6.04 Å². The third kappa shape index (κ3) is 1.86. The lowest BCUT2D eigenvalue weighted by molar-refractivity contribution is 0.174. The van der Waals surface area contributed by atoms with Crippen molar-refractivity contribution in [1.29, 1.82) is 0 Å². The SMILES string of the molecule is Cc1ccc(C2NCCc3cc4c(cc32)OCO4)cc1. The fraction of sp³-hybridized carbons (Fsp3) is 0.294. The van der Waals surface area contributed by atoms with Crippen molar-refractivity contribution in [3.8, 4) is 11.5 Å². The number of rotatable bonds is 1. The third-order valence-electron chi connectivity index (χ3n) is 4.10. The smallest absolute Gasteiger partial charge is 0.231 e. The molecule has 1 atom stereocenters. The molecule has 102 valence electrons. The molecule has 0 fully saturated rings. The zero-order valence-electron chi connectivity index (χ0n) is 11.5. The summed E-state index contributed by atoms with van der Waals surface area (Å²) in [6, 6.07) is 13.2. The van der Waals surface area contributed by atoms with Crippen LogP contribution in [0.1, 0.15) is 28.3 Å². The van der Waals surface area contributed by atoms with E-state index in [1.165, 1.54) is 22.3 Å². The van der Waals surface area contributed by atoms with Gasteiger partial charge in [-0.1, -0.05) is 29.8 Å². The fourth-order valence-electron chi connectivity index (χ4n) is 3.00. The summed E-state index contributed by atoms with van der Waals surface area (Å²) < 4.78 is 11.0. The second-order valence-corrected chi connectivity index (χ2v) is 5.45. The van der Waals surface area contributed by atoms with E-state index < -0.39 is 0 Å². The second kappa shape index (κ2) is 4.53. The van der Waals surface area contributed by atoms with Crippen molar-refractivity contribution in [3.05, 3.63) is 58.7 Å². The van der Waals surface area contributed by atoms with Crippen LogP contribution >= 0.6 is 0 Å². The molecule has 0 spiro atoms. The van der Waals surface area contributed by atoms with Crippen molar-refractivity contribution in [2.75, 3.05) is 13.3 Å². The van der Waals surface area contributed by atoms with Crippen molar-refractivity contribution in [1.82, 2.24) is 5.32 Å². The zero-order valence-corrected chi connectivity index (χ0v) is 11.5. The van der Waals surface area contributed by atoms with Gasteiger partial charge in [0.05, 0.1) is 6.04 Å². The van der Waals surface area contributed by atoms with Gasteiger partial charge in [0.2, 0.25) is 6.79 Å². The summed E-state index contributed by atoms with van der Waals surface area (Å²) >= 11 is 0. The lowest BCUT2D eigenvalue weighted by Crippen LogP contribution is -2.30. The topological polar surface area (TPSA) is 30.5 Å². The quantitative estimate of drug-likeness (QED) is 0.861. The van der Waals surface area contributed by atoms with Crippen LogP contribution in [0.4, 0.5) is 0 Å². The van der Waals surface area contributed by atoms with E-state index in [0.717, 1.165) is 24.5 Å². The molecule has 2 aromatic rings. The summed E-state index contributed by atoms with van der Waals surface area (Å²) in [6.07, 6.45) is 1.04. The summed E-state index contributed by atoms with van der Waals surface area (Å²) in [6.45, 7) is 3.44. The Morgan fingerprint density at radius 1 is 1.05 bits per heavy atom. The number of benzene rings is 2. The Bertz CT molecular complexity index is 649. The maximum atomic E-state index is 5.52. The van der Waals surface area contributed by atoms with Crippen molar-refractivity contribution < 1.29 is 9.47 Å². The van der Waals surface area contributed by atoms with E-state index in [4.69, 9.17) is 9.47 Å². The molecule has 0 aromatic heterocycles. The van der Waals surface area contributed by atoms with Crippen molar-refractivity contribution in [2.45, 2.75) is 19.4 Å². The molecule has 0 saturated heterocycles. The average molecular weight is 267 g/mol. The number of ether oxygens (including phenoxy) is 2. The molecule has 3 heteroatoms. The highest BCUT2D eigenvalue weighted by atomic mass is 16.7. The highest BCUT2D eigenvalue weighted by molar-refractivity contribution is 5.52. The highest BCUT2D eigenvalue weighted by Gasteiger charge is 2.25. The minimum atomic E-state index is 0.244. The first-order valence-electron chi connectivity index (χ1n) is 7.03. The first-order valence-corrected chi connectivity index (χ1v) is 7.03. The predicted molar refractivity (Wildman–Crippen MR) is 77.3 cm³/mol. The van der Waals surface area contributed by atoms with Gasteiger partial charge in [0.15, 0.2) is 11.5 Å². The first kappa shape index (κ1) is 11.8. The molecule has 3 nitrogen and oxygen atoms in total. The fourth-order valence-corrected chi connectivity index (χ4v) is 3.00. The van der Waals surface area contributed by atoms with Crippen LogP contribution in [0.25, 0.3) is 0 Å². The molecule has 0 saturated carbocycles. The Morgan fingerprint density at radius 2 is 1.80 bits per heavy atom. The number of aryl methyl sites for hydroxylation is 1. The van der Waals surface area contributed by atoms with Gasteiger partial charge in [-0.25, -0.2) is 0 Å². The molecule has 2 aromatic carbocycles. The van der Waals surface area contributed by atoms with Crippen molar-refractivity contribution in [3.63, 3.8) is 0 Å². The van der Waals surface area contributed by atoms with Crippen LogP contribution in [0, 0.1) is 6.92 Å². The van der Waals surface area contributed by atoms with E-state index in [9.17, 15) is 0 Å². The maximum Gasteiger partial charge on any atom is 0.231 e. The number of nitrogens with one attached hydrogen (secondary N) is 1. The molecule has 2 heterocycles. The van der Waals surface area contributed by atoms with E-state index in [1.54, 1.807) is 0 Å². The maximum absolute atomic E-state index is 5.52. The van der Waals surface area contributed by atoms with Gasteiger partial charge in [-0.05, 0) is 42.2 Å². The standard InChI is InChI=1S/C17H17NO2/c1-11-2-4-12(5-3-11)17-14-9-16-15(19-10-20-16)8-13(14)6-7-18-17/h2-5,8-9,17-18H,6-7,10H2,1H3. The minimum absolute atomic E-state index is 0.244. The van der Waals surface area contributed by atoms with Gasteiger partial charge in [0.25, 0.3) is 0 Å². The Balaban J connectivity index is 1.79. The molecule has 0 radical (unpaired) electrons. The van der Waals surface area contributed by atoms with Gasteiger partial charge in [-0.2, -0.15) is 0 Å². The average Bonchev–Trinajstić information content (AvgIpc) is 2.92. The van der Waals surface area contributed by atoms with Crippen LogP contribution in [0.3, 0.4) is 0 Å². The van der Waals surface area contributed by atoms with Gasteiger partial charge in [-0.15, -0.1) is 0 Å². The molecule has 2 aliphatic rings. The van der Waals surface area contributed by atoms with Crippen molar-refractivity contribution in [2.24, 2.45) is 0 Å². The molecule has 2 aliphatic heterocycles. The first-order chi connectivity index (χ1) is 9.81. The van der Waals surface area contributed by atoms with E-state index in [2.05, 4.69) is 48.6 Å². The summed E-state index contributed by atoms with van der Waals surface area (Å²) in [7, 11) is 0. The molecule has 0 amide bonds. The van der Waals surface area contributed by atoms with E-state index in [1.807, 2.05) is 0 Å². The monoisotopic (exact) mass is 267 g/mol. The summed E-state index contributed by atoms with van der Waals surface area (Å²) in [4.78, 5) is 0. The number of hydrogen-bond acceptors (Lipinski definition) is 3. The minimum Gasteiger partial charge on any atom is -0.454 e. The normalized spacial score (nSPS) is 19.8. The molecular formula is C17H17NO2. The molecule has 0 aliphatic carbocycles. The molecule has 20 heavy (non-hydrogen) atoms. The Labute approximate surface area is 118 Å². The lowest BCUT2D eigenvalue weighted by Gasteiger charge is -2.27. The molecule has 1 N–H and O–H groups in total. The van der Waals surface area contributed by atoms with Crippen LogP contribution in [0.2, 0.25) is 0 Å². The third-order valence-corrected chi connectivity index (χ3v) is 4.10.